The fourth-order valence-electron chi connectivity index (χ4n) is 1.62. The molecule has 0 aromatic carbocycles. The Morgan fingerprint density at radius 3 is 1.40 bits per heavy atom. The monoisotopic (exact) mass is 881 g/mol. The minimum Gasteiger partial charge on any atom is -0.856 e. The number of aliphatic hydroxyl groups is 6. The van der Waals surface area contributed by atoms with Gasteiger partial charge in [-0.05, 0) is 34.6 Å². The third-order valence-electron chi connectivity index (χ3n) is 5.50. The van der Waals surface area contributed by atoms with Crippen molar-refractivity contribution in [3.8, 4) is 0 Å². The summed E-state index contributed by atoms with van der Waals surface area (Å²) in [6, 6.07) is 0. The van der Waals surface area contributed by atoms with Gasteiger partial charge in [0.05, 0.1) is 46.3 Å². The number of epoxide rings is 2. The van der Waals surface area contributed by atoms with Crippen LogP contribution in [0, 0.1) is 31.8 Å². The van der Waals surface area contributed by atoms with Crippen LogP contribution >= 0.6 is 0 Å². The number of aliphatic hydroxyl groups excluding tert-OH is 6. The molecule has 302 valence electrons. The standard InChI is InChI=1S/C14H30N4O5.C6H13O.C4H10O2.C2H8N2.2C2H3O.2CH4.2Y/c1-14(2,3)18(6,7)16-13(23)11(21)10(20)12(22)15-17(4,5)8-9-19;1-6(2,3)4-5-7;1-3(5)4(2)6;1-4(2)3;2*1-2-3-1;;;;/h9-11,19-21H,8H2,1-7H3,(H-,15,16,22,23);5,7H,4H2,1-3H3;3-6H,1-2H3;3H2,1-2H3;2*1H,2H2;2*1H4;;/q;-1;;;2*-1;;;;/t10-,11-;;3-,4+;;;;;;;/m0........./s1. The number of nitrogens with zero attached hydrogens (tertiary/aromatic N) is 4. The molecule has 0 aromatic rings. The van der Waals surface area contributed by atoms with Gasteiger partial charge in [-0.2, -0.15) is 30.8 Å². The zero-order valence-electron chi connectivity index (χ0n) is 31.8. The maximum absolute atomic E-state index is 12.0. The molecule has 0 saturated carbocycles. The van der Waals surface area contributed by atoms with Gasteiger partial charge in [-0.25, -0.2) is 16.6 Å². The van der Waals surface area contributed by atoms with Gasteiger partial charge in [0.2, 0.25) is 0 Å². The summed E-state index contributed by atoms with van der Waals surface area (Å²) in [5.74, 6) is 3.03. The van der Waals surface area contributed by atoms with Crippen molar-refractivity contribution in [1.82, 2.24) is 10.4 Å². The zero-order chi connectivity index (χ0) is 37.5. The Labute approximate surface area is 355 Å². The number of hydrogen-bond acceptors (Lipinski definition) is 13. The Kier molecular flexibility index (Phi) is 48.6. The molecule has 0 aliphatic carbocycles. The smallest absolute Gasteiger partial charge is 0.296 e. The van der Waals surface area contributed by atoms with Crippen molar-refractivity contribution < 1.29 is 125 Å². The molecule has 50 heavy (non-hydrogen) atoms. The number of rotatable bonds is 9. The van der Waals surface area contributed by atoms with E-state index in [1.807, 2.05) is 20.8 Å². The van der Waals surface area contributed by atoms with Crippen LogP contribution in [0.4, 0.5) is 0 Å². The molecule has 0 bridgehead atoms. The van der Waals surface area contributed by atoms with Crippen LogP contribution in [0.1, 0.15) is 76.7 Å². The van der Waals surface area contributed by atoms with E-state index in [0.717, 1.165) is 26.2 Å². The number of likely N-dealkylation sites (N-methyl/N-ethyl adjacent to an activating group) is 1. The summed E-state index contributed by atoms with van der Waals surface area (Å²) in [6.45, 7) is 22.3. The van der Waals surface area contributed by atoms with E-state index in [-0.39, 0.29) is 101 Å². The van der Waals surface area contributed by atoms with E-state index in [9.17, 15) is 20.1 Å². The molecule has 2 aliphatic rings. The fraction of sp³-hybridized carbons (Fsp3) is 0.812. The second-order valence-electron chi connectivity index (χ2n) is 13.8. The fourth-order valence-corrected chi connectivity index (χ4v) is 1.62. The van der Waals surface area contributed by atoms with E-state index in [2.05, 4.69) is 40.8 Å². The van der Waals surface area contributed by atoms with Crippen LogP contribution in [-0.4, -0.2) is 149 Å². The first-order valence-electron chi connectivity index (χ1n) is 14.8. The van der Waals surface area contributed by atoms with E-state index in [4.69, 9.17) is 26.3 Å². The number of hydrogen-bond donors (Lipinski definition) is 8. The normalized spacial score (nSPS) is 15.4. The van der Waals surface area contributed by atoms with Crippen LogP contribution in [-0.2, 0) is 79.7 Å². The van der Waals surface area contributed by atoms with Crippen LogP contribution in [0.15, 0.2) is 5.10 Å². The first kappa shape index (κ1) is 68.7. The molecule has 2 rings (SSSR count). The van der Waals surface area contributed by atoms with Crippen molar-refractivity contribution in [3.63, 3.8) is 0 Å². The number of hydrazine groups is 1. The van der Waals surface area contributed by atoms with Crippen molar-refractivity contribution in [2.75, 3.05) is 62.0 Å². The number of quaternary nitrogens is 2. The molecule has 2 fully saturated rings. The molecule has 0 spiro atoms. The largest absolute Gasteiger partial charge is 0.856 e. The van der Waals surface area contributed by atoms with Crippen molar-refractivity contribution in [1.29, 1.82) is 0 Å². The minimum absolute atomic E-state index is 0. The summed E-state index contributed by atoms with van der Waals surface area (Å²) in [6.07, 6.45) is -4.34. The number of amides is 1. The summed E-state index contributed by atoms with van der Waals surface area (Å²) in [4.78, 5) is 11.9. The predicted octanol–water partition coefficient (Wildman–Crippen LogP) is 0.649. The predicted molar refractivity (Wildman–Crippen MR) is 188 cm³/mol. The van der Waals surface area contributed by atoms with E-state index in [0.29, 0.717) is 0 Å². The Bertz CT molecular complexity index is 772. The molecule has 2 saturated heterocycles. The summed E-state index contributed by atoms with van der Waals surface area (Å²) in [5.41, 5.74) is 2.22. The van der Waals surface area contributed by atoms with Crippen molar-refractivity contribution in [3.05, 3.63) is 26.4 Å². The Morgan fingerprint density at radius 1 is 0.900 bits per heavy atom. The van der Waals surface area contributed by atoms with Gasteiger partial charge in [-0.15, -0.1) is 5.10 Å². The van der Waals surface area contributed by atoms with Gasteiger partial charge in [-0.1, -0.05) is 54.3 Å². The van der Waals surface area contributed by atoms with Crippen LogP contribution in [0.25, 0.3) is 0 Å². The molecule has 16 nitrogen and oxygen atoms in total. The number of carbonyl (C=O) groups is 1. The van der Waals surface area contributed by atoms with Crippen molar-refractivity contribution >= 4 is 11.8 Å². The first-order valence-corrected chi connectivity index (χ1v) is 14.8. The maximum atomic E-state index is 12.0. The zero-order valence-corrected chi connectivity index (χ0v) is 37.5. The van der Waals surface area contributed by atoms with Gasteiger partial charge in [0.15, 0.2) is 6.10 Å². The van der Waals surface area contributed by atoms with E-state index < -0.39 is 41.8 Å². The van der Waals surface area contributed by atoms with Crippen molar-refractivity contribution in [2.45, 2.75) is 107 Å². The third-order valence-corrected chi connectivity index (χ3v) is 5.50. The molecule has 18 heteroatoms. The molecule has 2 aliphatic heterocycles. The molecular weight excluding hydrogens is 806 g/mol. The van der Waals surface area contributed by atoms with Gasteiger partial charge < -0.3 is 45.2 Å². The first-order chi connectivity index (χ1) is 20.6. The van der Waals surface area contributed by atoms with Gasteiger partial charge >= 0.3 is 0 Å². The van der Waals surface area contributed by atoms with Gasteiger partial charge in [0.25, 0.3) is 5.91 Å². The van der Waals surface area contributed by atoms with E-state index in [1.165, 1.54) is 11.6 Å². The molecule has 0 aromatic heterocycles. The van der Waals surface area contributed by atoms with E-state index in [1.54, 1.807) is 69.3 Å². The second-order valence-corrected chi connectivity index (χ2v) is 13.8. The molecule has 0 unspecified atom stereocenters. The third kappa shape index (κ3) is 53.0. The van der Waals surface area contributed by atoms with Gasteiger partial charge in [0, 0.05) is 86.1 Å². The maximum Gasteiger partial charge on any atom is 0.296 e. The van der Waals surface area contributed by atoms with E-state index >= 15 is 0 Å². The topological polar surface area (TPSA) is 240 Å². The number of ether oxygens (including phenoxy) is 2. The molecule has 2 heterocycles. The molecular formula is C32H75N6O10Y2-3. The van der Waals surface area contributed by atoms with Crippen LogP contribution in [0.2, 0.25) is 0 Å². The van der Waals surface area contributed by atoms with Crippen LogP contribution < -0.4 is 16.4 Å². The van der Waals surface area contributed by atoms with Gasteiger partial charge in [-0.3, -0.25) is 15.6 Å². The quantitative estimate of drug-likeness (QED) is 0.0303. The molecule has 1 amide bonds. The SMILES string of the molecule is C.C.CC(C)(C)C[CH-]O.CC(C)(C)[N+](C)(C)N=C([O-])[C@@H](O)[C@H](O)C(=O)N[N+](C)(C)C[CH-]O.CN(C)N.C[C@H](O)[C@@H](C)O.[CH-]1CO1.[CH-]1CO1.[Y].[Y]. The number of nitrogens with two attached hydrogens (primary N) is 1. The summed E-state index contributed by atoms with van der Waals surface area (Å²) in [7, 11) is 10.0. The summed E-state index contributed by atoms with van der Waals surface area (Å²) < 4.78 is 8.52. The molecule has 2 radical (unpaired) electrons. The number of carbonyl (C=O) groups excluding carboxylic acids is 1. The second kappa shape index (κ2) is 35.4. The average molecular weight is 882 g/mol. The number of nitrogens with one attached hydrogen (secondary N) is 1. The summed E-state index contributed by atoms with van der Waals surface area (Å²) in [5, 5.41) is 70.9. The van der Waals surface area contributed by atoms with Crippen molar-refractivity contribution in [2.24, 2.45) is 16.4 Å². The van der Waals surface area contributed by atoms with Crippen LogP contribution in [0.5, 0.6) is 0 Å². The summed E-state index contributed by atoms with van der Waals surface area (Å²) >= 11 is 0. The van der Waals surface area contributed by atoms with Crippen LogP contribution in [0.3, 0.4) is 0 Å². The Hall–Kier alpha value is 0.668. The minimum atomic E-state index is -1.96. The molecule has 9 N–H and O–H groups in total. The van der Waals surface area contributed by atoms with Gasteiger partial charge in [0.1, 0.15) is 11.6 Å². The Balaban J connectivity index is -0.0000000883. The Morgan fingerprint density at radius 2 is 1.22 bits per heavy atom. The average Bonchev–Trinajstić information content (AvgIpc) is 3.73. The molecule has 4 atom stereocenters.